The van der Waals surface area contributed by atoms with Crippen molar-refractivity contribution in [3.8, 4) is 0 Å². The number of aromatic nitrogens is 1. The third kappa shape index (κ3) is 2.28. The molecule has 0 saturated carbocycles. The molecule has 96 valence electrons. The molecule has 0 radical (unpaired) electrons. The Morgan fingerprint density at radius 2 is 2.00 bits per heavy atom. The van der Waals surface area contributed by atoms with Gasteiger partial charge in [0.15, 0.2) is 0 Å². The molecule has 1 aliphatic heterocycles. The molecule has 1 aromatic heterocycles. The summed E-state index contributed by atoms with van der Waals surface area (Å²) in [6.45, 7) is 2.29. The number of para-hydroxylation sites is 1. The van der Waals surface area contributed by atoms with Gasteiger partial charge in [0.1, 0.15) is 0 Å². The number of H-pyrrole nitrogens is 1. The van der Waals surface area contributed by atoms with Gasteiger partial charge in [0.05, 0.1) is 0 Å². The zero-order valence-corrected chi connectivity index (χ0v) is 10.7. The van der Waals surface area contributed by atoms with Crippen molar-refractivity contribution in [3.63, 3.8) is 0 Å². The lowest BCUT2D eigenvalue weighted by atomic mass is 9.89. The van der Waals surface area contributed by atoms with Crippen molar-refractivity contribution in [1.82, 2.24) is 10.3 Å². The first-order chi connectivity index (χ1) is 8.84. The maximum atomic E-state index is 6.40. The van der Waals surface area contributed by atoms with Crippen LogP contribution in [-0.4, -0.2) is 18.1 Å². The normalized spacial score (nSPS) is 19.2. The van der Waals surface area contributed by atoms with Gasteiger partial charge in [-0.2, -0.15) is 0 Å². The average molecular weight is 243 g/mol. The maximum absolute atomic E-state index is 6.40. The van der Waals surface area contributed by atoms with Gasteiger partial charge in [-0.3, -0.25) is 0 Å². The second kappa shape index (κ2) is 5.12. The van der Waals surface area contributed by atoms with Gasteiger partial charge in [-0.05, 0) is 49.9 Å². The van der Waals surface area contributed by atoms with Gasteiger partial charge in [-0.15, -0.1) is 0 Å². The maximum Gasteiger partial charge on any atom is 0.0457 e. The highest BCUT2D eigenvalue weighted by molar-refractivity contribution is 5.83. The highest BCUT2D eigenvalue weighted by Gasteiger charge is 2.19. The van der Waals surface area contributed by atoms with Gasteiger partial charge >= 0.3 is 0 Å². The predicted molar refractivity (Wildman–Crippen MR) is 75.4 cm³/mol. The highest BCUT2D eigenvalue weighted by Crippen LogP contribution is 2.29. The minimum absolute atomic E-state index is 0.157. The molecule has 3 nitrogen and oxygen atoms in total. The molecular weight excluding hydrogens is 222 g/mol. The first kappa shape index (κ1) is 11.8. The summed E-state index contributed by atoms with van der Waals surface area (Å²) in [4.78, 5) is 3.31. The van der Waals surface area contributed by atoms with E-state index in [9.17, 15) is 0 Å². The summed E-state index contributed by atoms with van der Waals surface area (Å²) in [5.74, 6) is 0.773. The molecule has 4 N–H and O–H groups in total. The van der Waals surface area contributed by atoms with E-state index < -0.39 is 0 Å². The van der Waals surface area contributed by atoms with Crippen LogP contribution in [0, 0.1) is 5.92 Å². The summed E-state index contributed by atoms with van der Waals surface area (Å²) >= 11 is 0. The van der Waals surface area contributed by atoms with Crippen molar-refractivity contribution in [2.75, 3.05) is 13.1 Å². The minimum Gasteiger partial charge on any atom is -0.361 e. The third-order valence-corrected chi connectivity index (χ3v) is 4.07. The van der Waals surface area contributed by atoms with E-state index >= 15 is 0 Å². The van der Waals surface area contributed by atoms with Crippen LogP contribution in [0.5, 0.6) is 0 Å². The molecule has 2 aromatic rings. The molecule has 1 aliphatic rings. The molecule has 0 amide bonds. The summed E-state index contributed by atoms with van der Waals surface area (Å²) in [5.41, 5.74) is 8.85. The predicted octanol–water partition coefficient (Wildman–Crippen LogP) is 2.56. The molecule has 1 saturated heterocycles. The molecule has 0 bridgehead atoms. The van der Waals surface area contributed by atoms with Gasteiger partial charge in [-0.1, -0.05) is 18.2 Å². The quantitative estimate of drug-likeness (QED) is 0.776. The molecule has 1 atom stereocenters. The van der Waals surface area contributed by atoms with Crippen molar-refractivity contribution >= 4 is 10.9 Å². The average Bonchev–Trinajstić information content (AvgIpc) is 2.84. The van der Waals surface area contributed by atoms with Crippen molar-refractivity contribution in [2.24, 2.45) is 11.7 Å². The van der Waals surface area contributed by atoms with E-state index in [0.29, 0.717) is 0 Å². The number of rotatable bonds is 3. The second-order valence-electron chi connectivity index (χ2n) is 5.33. The molecule has 1 aromatic carbocycles. The topological polar surface area (TPSA) is 53.8 Å². The summed E-state index contributed by atoms with van der Waals surface area (Å²) in [6, 6.07) is 8.56. The SMILES string of the molecule is NC(CC1CCNCC1)c1c[nH]c2ccccc12. The smallest absolute Gasteiger partial charge is 0.0457 e. The lowest BCUT2D eigenvalue weighted by molar-refractivity contribution is 0.333. The van der Waals surface area contributed by atoms with Crippen LogP contribution in [0.2, 0.25) is 0 Å². The summed E-state index contributed by atoms with van der Waals surface area (Å²) in [5, 5.41) is 4.68. The Labute approximate surface area is 108 Å². The first-order valence-corrected chi connectivity index (χ1v) is 6.87. The van der Waals surface area contributed by atoms with Crippen LogP contribution in [0.15, 0.2) is 30.5 Å². The largest absolute Gasteiger partial charge is 0.361 e. The van der Waals surface area contributed by atoms with Crippen molar-refractivity contribution in [1.29, 1.82) is 0 Å². The lowest BCUT2D eigenvalue weighted by Gasteiger charge is -2.25. The van der Waals surface area contributed by atoms with Crippen LogP contribution >= 0.6 is 0 Å². The van der Waals surface area contributed by atoms with E-state index in [-0.39, 0.29) is 6.04 Å². The van der Waals surface area contributed by atoms with E-state index in [0.717, 1.165) is 25.4 Å². The second-order valence-corrected chi connectivity index (χ2v) is 5.33. The molecule has 0 aliphatic carbocycles. The van der Waals surface area contributed by atoms with Gasteiger partial charge in [0, 0.05) is 23.1 Å². The number of hydrogen-bond acceptors (Lipinski definition) is 2. The molecular formula is C15H21N3. The van der Waals surface area contributed by atoms with E-state index in [2.05, 4.69) is 40.8 Å². The van der Waals surface area contributed by atoms with Crippen LogP contribution in [-0.2, 0) is 0 Å². The first-order valence-electron chi connectivity index (χ1n) is 6.87. The standard InChI is InChI=1S/C15H21N3/c16-14(9-11-5-7-17-8-6-11)13-10-18-15-4-2-1-3-12(13)15/h1-4,10-11,14,17-18H,5-9,16H2. The van der Waals surface area contributed by atoms with Crippen LogP contribution in [0.1, 0.15) is 30.9 Å². The molecule has 1 fully saturated rings. The van der Waals surface area contributed by atoms with Gasteiger partial charge in [0.25, 0.3) is 0 Å². The zero-order valence-electron chi connectivity index (χ0n) is 10.7. The lowest BCUT2D eigenvalue weighted by Crippen LogP contribution is -2.29. The van der Waals surface area contributed by atoms with Gasteiger partial charge < -0.3 is 16.0 Å². The fourth-order valence-electron chi connectivity index (χ4n) is 3.00. The van der Waals surface area contributed by atoms with Crippen LogP contribution < -0.4 is 11.1 Å². The number of benzene rings is 1. The summed E-state index contributed by atoms with van der Waals surface area (Å²) in [6.07, 6.45) is 5.70. The Hall–Kier alpha value is -1.32. The van der Waals surface area contributed by atoms with E-state index in [1.807, 2.05) is 0 Å². The van der Waals surface area contributed by atoms with E-state index in [1.54, 1.807) is 0 Å². The van der Waals surface area contributed by atoms with E-state index in [1.165, 1.54) is 29.3 Å². The number of nitrogens with one attached hydrogen (secondary N) is 2. The van der Waals surface area contributed by atoms with Gasteiger partial charge in [0.2, 0.25) is 0 Å². The molecule has 0 spiro atoms. The van der Waals surface area contributed by atoms with Crippen LogP contribution in [0.3, 0.4) is 0 Å². The Bertz CT molecular complexity index is 511. The Balaban J connectivity index is 1.76. The molecule has 1 unspecified atom stereocenters. The van der Waals surface area contributed by atoms with Crippen LogP contribution in [0.4, 0.5) is 0 Å². The Morgan fingerprint density at radius 3 is 2.83 bits per heavy atom. The molecule has 18 heavy (non-hydrogen) atoms. The van der Waals surface area contributed by atoms with E-state index in [4.69, 9.17) is 5.73 Å². The van der Waals surface area contributed by atoms with Gasteiger partial charge in [-0.25, -0.2) is 0 Å². The Kier molecular flexibility index (Phi) is 3.35. The third-order valence-electron chi connectivity index (χ3n) is 4.07. The van der Waals surface area contributed by atoms with Crippen molar-refractivity contribution in [2.45, 2.75) is 25.3 Å². The summed E-state index contributed by atoms with van der Waals surface area (Å²) < 4.78 is 0. The molecule has 3 rings (SSSR count). The fourth-order valence-corrected chi connectivity index (χ4v) is 3.00. The van der Waals surface area contributed by atoms with Crippen LogP contribution in [0.25, 0.3) is 10.9 Å². The van der Waals surface area contributed by atoms with Crippen molar-refractivity contribution in [3.05, 3.63) is 36.0 Å². The number of nitrogens with two attached hydrogens (primary N) is 1. The Morgan fingerprint density at radius 1 is 1.22 bits per heavy atom. The number of hydrogen-bond donors (Lipinski definition) is 3. The molecule has 3 heteroatoms. The minimum atomic E-state index is 0.157. The fraction of sp³-hybridized carbons (Fsp3) is 0.467. The highest BCUT2D eigenvalue weighted by atomic mass is 14.9. The number of piperidine rings is 1. The number of aromatic amines is 1. The molecule has 2 heterocycles. The zero-order chi connectivity index (χ0) is 12.4. The van der Waals surface area contributed by atoms with Crippen molar-refractivity contribution < 1.29 is 0 Å². The number of fused-ring (bicyclic) bond motifs is 1. The summed E-state index contributed by atoms with van der Waals surface area (Å²) in [7, 11) is 0. The monoisotopic (exact) mass is 243 g/mol.